The molecule has 2 aromatic rings. The third kappa shape index (κ3) is 3.27. The molecule has 0 N–H and O–H groups in total. The van der Waals surface area contributed by atoms with Crippen LogP contribution in [0.3, 0.4) is 0 Å². The molecule has 5 nitrogen and oxygen atoms in total. The minimum Gasteiger partial charge on any atom is -0.449 e. The van der Waals surface area contributed by atoms with Gasteiger partial charge in [-0.05, 0) is 30.5 Å². The number of benzene rings is 2. The van der Waals surface area contributed by atoms with Crippen LogP contribution in [0.5, 0.6) is 11.5 Å². The average Bonchev–Trinajstić information content (AvgIpc) is 2.48. The molecule has 0 aliphatic carbocycles. The Kier molecular flexibility index (Phi) is 4.68. The normalized spacial score (nSPS) is 9.95. The Bertz CT molecular complexity index is 743. The van der Waals surface area contributed by atoms with Crippen LogP contribution in [0.1, 0.15) is 5.56 Å². The first-order valence-electron chi connectivity index (χ1n) is 5.75. The largest absolute Gasteiger partial charge is 0.449 e. The summed E-state index contributed by atoms with van der Waals surface area (Å²) in [6.45, 7) is 0. The Balaban J connectivity index is 2.49. The zero-order valence-corrected chi connectivity index (χ0v) is 12.4. The van der Waals surface area contributed by atoms with E-state index in [-0.39, 0.29) is 22.2 Å². The lowest BCUT2D eigenvalue weighted by atomic mass is 10.2. The van der Waals surface area contributed by atoms with Crippen molar-refractivity contribution in [2.45, 2.75) is 4.90 Å². The minimum atomic E-state index is -0.578. The fourth-order valence-electron chi connectivity index (χ4n) is 1.71. The van der Waals surface area contributed by atoms with Crippen LogP contribution in [0, 0.1) is 21.4 Å². The summed E-state index contributed by atoms with van der Waals surface area (Å²) >= 11 is 7.15. The number of hydrogen-bond acceptors (Lipinski definition) is 5. The maximum atomic E-state index is 11.0. The molecule has 0 aliphatic rings. The van der Waals surface area contributed by atoms with Crippen molar-refractivity contribution in [3.63, 3.8) is 0 Å². The van der Waals surface area contributed by atoms with Gasteiger partial charge in [0.15, 0.2) is 0 Å². The second-order valence-electron chi connectivity index (χ2n) is 3.92. The van der Waals surface area contributed by atoms with Gasteiger partial charge in [0.2, 0.25) is 5.75 Å². The lowest BCUT2D eigenvalue weighted by molar-refractivity contribution is -0.385. The van der Waals surface area contributed by atoms with Gasteiger partial charge in [0.1, 0.15) is 17.4 Å². The molecule has 0 amide bonds. The van der Waals surface area contributed by atoms with Gasteiger partial charge in [-0.25, -0.2) is 0 Å². The van der Waals surface area contributed by atoms with E-state index in [0.717, 1.165) is 4.90 Å². The number of ether oxygens (including phenoxy) is 1. The van der Waals surface area contributed by atoms with Gasteiger partial charge >= 0.3 is 5.69 Å². The monoisotopic (exact) mass is 320 g/mol. The van der Waals surface area contributed by atoms with Crippen molar-refractivity contribution >= 4 is 29.1 Å². The van der Waals surface area contributed by atoms with Crippen LogP contribution in [-0.4, -0.2) is 11.2 Å². The highest BCUT2D eigenvalue weighted by Crippen LogP contribution is 2.36. The third-order valence-electron chi connectivity index (χ3n) is 2.66. The molecule has 0 bridgehead atoms. The van der Waals surface area contributed by atoms with Crippen LogP contribution in [0.4, 0.5) is 5.69 Å². The summed E-state index contributed by atoms with van der Waals surface area (Å²) in [7, 11) is 0. The Hall–Kier alpha value is -2.23. The molecular formula is C14H9ClN2O3S. The minimum absolute atomic E-state index is 0.0409. The maximum Gasteiger partial charge on any atom is 0.313 e. The molecule has 0 saturated carbocycles. The van der Waals surface area contributed by atoms with Gasteiger partial charge in [0.05, 0.1) is 4.92 Å². The molecule has 106 valence electrons. The summed E-state index contributed by atoms with van der Waals surface area (Å²) in [4.78, 5) is 11.2. The Morgan fingerprint density at radius 2 is 2.10 bits per heavy atom. The average molecular weight is 321 g/mol. The number of halogens is 1. The number of hydrogen-bond donors (Lipinski definition) is 0. The molecule has 7 heteroatoms. The van der Waals surface area contributed by atoms with Gasteiger partial charge in [-0.1, -0.05) is 17.7 Å². The van der Waals surface area contributed by atoms with Crippen molar-refractivity contribution in [1.82, 2.24) is 0 Å². The van der Waals surface area contributed by atoms with Gasteiger partial charge in [-0.3, -0.25) is 10.1 Å². The quantitative estimate of drug-likeness (QED) is 0.466. The first-order valence-corrected chi connectivity index (χ1v) is 7.36. The molecule has 2 rings (SSSR count). The van der Waals surface area contributed by atoms with Crippen molar-refractivity contribution in [3.05, 3.63) is 57.1 Å². The van der Waals surface area contributed by atoms with Gasteiger partial charge < -0.3 is 4.74 Å². The number of nitro groups is 1. The maximum absolute atomic E-state index is 11.0. The fraction of sp³-hybridized carbons (Fsp3) is 0.0714. The van der Waals surface area contributed by atoms with Crippen LogP contribution >= 0.6 is 23.4 Å². The predicted octanol–water partition coefficient (Wildman–Crippen LogP) is 4.63. The molecule has 0 heterocycles. The summed E-state index contributed by atoms with van der Waals surface area (Å²) in [5, 5.41) is 20.5. The van der Waals surface area contributed by atoms with Crippen molar-refractivity contribution in [1.29, 1.82) is 5.26 Å². The molecule has 0 unspecified atom stereocenters. The molecule has 0 fully saturated rings. The first kappa shape index (κ1) is 15.2. The van der Waals surface area contributed by atoms with Crippen LogP contribution in [0.25, 0.3) is 0 Å². The second-order valence-corrected chi connectivity index (χ2v) is 5.20. The zero-order chi connectivity index (χ0) is 15.4. The van der Waals surface area contributed by atoms with Gasteiger partial charge in [-0.15, -0.1) is 11.8 Å². The summed E-state index contributed by atoms with van der Waals surface area (Å²) < 4.78 is 5.55. The smallest absolute Gasteiger partial charge is 0.313 e. The lowest BCUT2D eigenvalue weighted by Gasteiger charge is -2.10. The van der Waals surface area contributed by atoms with Crippen molar-refractivity contribution in [3.8, 4) is 17.6 Å². The summed E-state index contributed by atoms with van der Waals surface area (Å²) in [5.41, 5.74) is 0.0928. The van der Waals surface area contributed by atoms with Crippen LogP contribution in [0.15, 0.2) is 41.3 Å². The molecular weight excluding hydrogens is 312 g/mol. The van der Waals surface area contributed by atoms with E-state index < -0.39 is 4.92 Å². The molecule has 0 spiro atoms. The highest BCUT2D eigenvalue weighted by Gasteiger charge is 2.18. The number of thioether (sulfide) groups is 1. The van der Waals surface area contributed by atoms with Gasteiger partial charge in [0, 0.05) is 16.0 Å². The molecule has 0 aromatic heterocycles. The number of nitrogens with zero attached hydrogens (tertiary/aromatic N) is 2. The molecule has 0 saturated heterocycles. The molecule has 21 heavy (non-hydrogen) atoms. The van der Waals surface area contributed by atoms with Crippen molar-refractivity contribution in [2.24, 2.45) is 0 Å². The van der Waals surface area contributed by atoms with E-state index in [9.17, 15) is 15.4 Å². The molecule has 0 aliphatic heterocycles. The number of nitriles is 1. The number of nitro benzene ring substituents is 1. The number of rotatable bonds is 4. The summed E-state index contributed by atoms with van der Waals surface area (Å²) in [5.74, 6) is 0.314. The van der Waals surface area contributed by atoms with Crippen LogP contribution in [0.2, 0.25) is 5.02 Å². The fourth-order valence-corrected chi connectivity index (χ4v) is 2.45. The highest BCUT2D eigenvalue weighted by molar-refractivity contribution is 7.98. The highest BCUT2D eigenvalue weighted by atomic mass is 35.5. The topological polar surface area (TPSA) is 76.2 Å². The predicted molar refractivity (Wildman–Crippen MR) is 81.1 cm³/mol. The van der Waals surface area contributed by atoms with E-state index in [1.165, 1.54) is 30.0 Å². The third-order valence-corrected chi connectivity index (χ3v) is 3.67. The molecule has 0 radical (unpaired) electrons. The molecule has 2 aromatic carbocycles. The zero-order valence-electron chi connectivity index (χ0n) is 10.9. The van der Waals surface area contributed by atoms with E-state index in [1.54, 1.807) is 18.2 Å². The first-order chi connectivity index (χ1) is 10.1. The Labute approximate surface area is 130 Å². The van der Waals surface area contributed by atoms with Crippen molar-refractivity contribution in [2.75, 3.05) is 6.26 Å². The van der Waals surface area contributed by atoms with Crippen molar-refractivity contribution < 1.29 is 9.66 Å². The lowest BCUT2D eigenvalue weighted by Crippen LogP contribution is -1.95. The Morgan fingerprint density at radius 3 is 2.71 bits per heavy atom. The van der Waals surface area contributed by atoms with E-state index in [4.69, 9.17) is 16.3 Å². The van der Waals surface area contributed by atoms with E-state index >= 15 is 0 Å². The Morgan fingerprint density at radius 1 is 1.33 bits per heavy atom. The molecule has 0 atom stereocenters. The summed E-state index contributed by atoms with van der Waals surface area (Å²) in [6, 6.07) is 11.3. The van der Waals surface area contributed by atoms with E-state index in [2.05, 4.69) is 6.07 Å². The second kappa shape index (κ2) is 6.48. The van der Waals surface area contributed by atoms with Gasteiger partial charge in [-0.2, -0.15) is 5.26 Å². The van der Waals surface area contributed by atoms with Crippen LogP contribution in [-0.2, 0) is 0 Å². The standard InChI is InChI=1S/C14H9ClN2O3S/c1-21-14-4-2-3-12(10(14)8-16)20-13-6-5-9(15)7-11(13)17(18)19/h2-7H,1H3. The van der Waals surface area contributed by atoms with Gasteiger partial charge in [0.25, 0.3) is 0 Å². The van der Waals surface area contributed by atoms with E-state index in [0.29, 0.717) is 5.56 Å². The van der Waals surface area contributed by atoms with Crippen LogP contribution < -0.4 is 4.74 Å². The van der Waals surface area contributed by atoms with E-state index in [1.807, 2.05) is 6.26 Å². The SMILES string of the molecule is CSc1cccc(Oc2ccc(Cl)cc2[N+](=O)[O-])c1C#N. The summed E-state index contributed by atoms with van der Waals surface area (Å²) in [6.07, 6.45) is 1.84.